The van der Waals surface area contributed by atoms with Crippen molar-refractivity contribution in [3.8, 4) is 11.8 Å². The van der Waals surface area contributed by atoms with Crippen molar-refractivity contribution in [1.82, 2.24) is 0 Å². The molecule has 44 valence electrons. The Bertz CT molecular complexity index is 114. The molecule has 0 spiro atoms. The van der Waals surface area contributed by atoms with E-state index in [-0.39, 0.29) is 0 Å². The molecule has 1 fully saturated rings. The highest BCUT2D eigenvalue weighted by atomic mass is 16.6. The lowest BCUT2D eigenvalue weighted by atomic mass is 10.3. The van der Waals surface area contributed by atoms with Gasteiger partial charge in [0.2, 0.25) is 0 Å². The van der Waals surface area contributed by atoms with Gasteiger partial charge in [-0.15, -0.1) is 5.92 Å². The Hall–Kier alpha value is -0.480. The van der Waals surface area contributed by atoms with Crippen LogP contribution in [0, 0.1) is 11.8 Å². The summed E-state index contributed by atoms with van der Waals surface area (Å²) in [6, 6.07) is 0. The summed E-state index contributed by atoms with van der Waals surface area (Å²) in [7, 11) is 0. The Kier molecular flexibility index (Phi) is 1.93. The van der Waals surface area contributed by atoms with Gasteiger partial charge in [0.05, 0.1) is 6.61 Å². The van der Waals surface area contributed by atoms with Crippen LogP contribution in [0.1, 0.15) is 19.8 Å². The van der Waals surface area contributed by atoms with Crippen LogP contribution in [0.3, 0.4) is 0 Å². The zero-order chi connectivity index (χ0) is 5.82. The third-order valence-electron chi connectivity index (χ3n) is 0.971. The van der Waals surface area contributed by atoms with E-state index in [2.05, 4.69) is 18.8 Å². The lowest BCUT2D eigenvalue weighted by Gasteiger charge is -1.74. The Morgan fingerprint density at radius 2 is 2.50 bits per heavy atom. The molecule has 0 aromatic carbocycles. The van der Waals surface area contributed by atoms with Gasteiger partial charge in [0, 0.05) is 6.42 Å². The van der Waals surface area contributed by atoms with Gasteiger partial charge in [-0.1, -0.05) is 12.8 Å². The summed E-state index contributed by atoms with van der Waals surface area (Å²) in [6.45, 7) is 2.99. The predicted molar refractivity (Wildman–Crippen MR) is 32.4 cm³/mol. The van der Waals surface area contributed by atoms with Crippen molar-refractivity contribution in [3.63, 3.8) is 0 Å². The first-order chi connectivity index (χ1) is 3.93. The van der Waals surface area contributed by atoms with Gasteiger partial charge in [0.1, 0.15) is 6.10 Å². The summed E-state index contributed by atoms with van der Waals surface area (Å²) in [4.78, 5) is 0. The fraction of sp³-hybridized carbons (Fsp3) is 0.714. The third-order valence-corrected chi connectivity index (χ3v) is 0.971. The molecule has 1 saturated heterocycles. The number of hydrogen-bond acceptors (Lipinski definition) is 1. The molecule has 1 aliphatic heterocycles. The van der Waals surface area contributed by atoms with Crippen molar-refractivity contribution in [1.29, 1.82) is 0 Å². The average molecular weight is 110 g/mol. The Balaban J connectivity index is 2.05. The maximum Gasteiger partial charge on any atom is 0.141 e. The van der Waals surface area contributed by atoms with Gasteiger partial charge >= 0.3 is 0 Å². The SMILES string of the molecule is CCCC#CC1CO1. The Labute approximate surface area is 50.0 Å². The van der Waals surface area contributed by atoms with Gasteiger partial charge in [-0.3, -0.25) is 0 Å². The van der Waals surface area contributed by atoms with E-state index in [0.717, 1.165) is 19.4 Å². The standard InChI is InChI=1S/C7H10O/c1-2-3-4-5-7-6-8-7/h7H,2-3,6H2,1H3. The molecule has 8 heavy (non-hydrogen) atoms. The maximum atomic E-state index is 4.88. The van der Waals surface area contributed by atoms with E-state index in [4.69, 9.17) is 4.74 Å². The quantitative estimate of drug-likeness (QED) is 0.365. The van der Waals surface area contributed by atoms with Gasteiger partial charge < -0.3 is 4.74 Å². The molecule has 1 atom stereocenters. The summed E-state index contributed by atoms with van der Waals surface area (Å²) in [5.74, 6) is 6.01. The normalized spacial score (nSPS) is 23.9. The second-order valence-electron chi connectivity index (χ2n) is 1.89. The number of rotatable bonds is 1. The monoisotopic (exact) mass is 110 g/mol. The molecular weight excluding hydrogens is 100 g/mol. The van der Waals surface area contributed by atoms with Crippen LogP contribution in [0.5, 0.6) is 0 Å². The molecule has 0 aromatic rings. The van der Waals surface area contributed by atoms with E-state index in [1.807, 2.05) is 0 Å². The van der Waals surface area contributed by atoms with Gasteiger partial charge in [-0.2, -0.15) is 0 Å². The lowest BCUT2D eigenvalue weighted by molar-refractivity contribution is 0.445. The molecule has 1 heterocycles. The van der Waals surface area contributed by atoms with E-state index in [1.165, 1.54) is 0 Å². The summed E-state index contributed by atoms with van der Waals surface area (Å²) in [6.07, 6.45) is 2.46. The minimum atomic E-state index is 0.293. The first-order valence-electron chi connectivity index (χ1n) is 3.03. The first kappa shape index (κ1) is 5.65. The van der Waals surface area contributed by atoms with Crippen LogP contribution >= 0.6 is 0 Å². The smallest absolute Gasteiger partial charge is 0.141 e. The number of hydrogen-bond donors (Lipinski definition) is 0. The van der Waals surface area contributed by atoms with Crippen molar-refractivity contribution in [3.05, 3.63) is 0 Å². The van der Waals surface area contributed by atoms with Gasteiger partial charge in [0.25, 0.3) is 0 Å². The second kappa shape index (κ2) is 2.74. The molecule has 0 saturated carbocycles. The first-order valence-corrected chi connectivity index (χ1v) is 3.03. The maximum absolute atomic E-state index is 4.88. The van der Waals surface area contributed by atoms with Crippen LogP contribution in [-0.2, 0) is 4.74 Å². The van der Waals surface area contributed by atoms with Gasteiger partial charge in [-0.05, 0) is 6.42 Å². The summed E-state index contributed by atoms with van der Waals surface area (Å²) >= 11 is 0. The zero-order valence-corrected chi connectivity index (χ0v) is 5.11. The highest BCUT2D eigenvalue weighted by molar-refractivity contribution is 5.09. The minimum absolute atomic E-state index is 0.293. The highest BCUT2D eigenvalue weighted by Gasteiger charge is 2.18. The second-order valence-corrected chi connectivity index (χ2v) is 1.89. The van der Waals surface area contributed by atoms with E-state index < -0.39 is 0 Å². The van der Waals surface area contributed by atoms with Crippen LogP contribution < -0.4 is 0 Å². The van der Waals surface area contributed by atoms with Crippen molar-refractivity contribution < 1.29 is 4.74 Å². The fourth-order valence-corrected chi connectivity index (χ4v) is 0.442. The lowest BCUT2D eigenvalue weighted by Crippen LogP contribution is -1.73. The molecule has 0 N–H and O–H groups in total. The summed E-state index contributed by atoms with van der Waals surface area (Å²) < 4.78 is 4.88. The topological polar surface area (TPSA) is 12.5 Å². The number of epoxide rings is 1. The molecule has 1 unspecified atom stereocenters. The molecule has 1 aliphatic rings. The zero-order valence-electron chi connectivity index (χ0n) is 5.11. The molecule has 0 aliphatic carbocycles. The van der Waals surface area contributed by atoms with Crippen LogP contribution in [-0.4, -0.2) is 12.7 Å². The van der Waals surface area contributed by atoms with Crippen LogP contribution in [0.25, 0.3) is 0 Å². The van der Waals surface area contributed by atoms with E-state index in [9.17, 15) is 0 Å². The van der Waals surface area contributed by atoms with Crippen molar-refractivity contribution in [2.24, 2.45) is 0 Å². The van der Waals surface area contributed by atoms with Crippen molar-refractivity contribution >= 4 is 0 Å². The van der Waals surface area contributed by atoms with E-state index in [0.29, 0.717) is 6.10 Å². The van der Waals surface area contributed by atoms with Crippen molar-refractivity contribution in [2.75, 3.05) is 6.61 Å². The number of ether oxygens (including phenoxy) is 1. The summed E-state index contributed by atoms with van der Waals surface area (Å²) in [5.41, 5.74) is 0. The average Bonchev–Trinajstić information content (AvgIpc) is 2.51. The molecule has 1 heteroatoms. The largest absolute Gasteiger partial charge is 0.359 e. The molecule has 0 bridgehead atoms. The van der Waals surface area contributed by atoms with Crippen LogP contribution in [0.4, 0.5) is 0 Å². The van der Waals surface area contributed by atoms with Gasteiger partial charge in [0.15, 0.2) is 0 Å². The number of unbranched alkanes of at least 4 members (excludes halogenated alkanes) is 1. The van der Waals surface area contributed by atoms with Crippen molar-refractivity contribution in [2.45, 2.75) is 25.9 Å². The predicted octanol–water partition coefficient (Wildman–Crippen LogP) is 1.19. The Morgan fingerprint density at radius 3 is 3.00 bits per heavy atom. The van der Waals surface area contributed by atoms with Crippen LogP contribution in [0.2, 0.25) is 0 Å². The van der Waals surface area contributed by atoms with E-state index >= 15 is 0 Å². The van der Waals surface area contributed by atoms with Crippen LogP contribution in [0.15, 0.2) is 0 Å². The highest BCUT2D eigenvalue weighted by Crippen LogP contribution is 2.05. The third kappa shape index (κ3) is 1.99. The Morgan fingerprint density at radius 1 is 1.75 bits per heavy atom. The van der Waals surface area contributed by atoms with E-state index in [1.54, 1.807) is 0 Å². The molecule has 0 amide bonds. The molecular formula is C7H10O. The minimum Gasteiger partial charge on any atom is -0.359 e. The molecule has 0 radical (unpaired) electrons. The summed E-state index contributed by atoms with van der Waals surface area (Å²) in [5, 5.41) is 0. The molecule has 1 nitrogen and oxygen atoms in total. The fourth-order valence-electron chi connectivity index (χ4n) is 0.442. The molecule has 1 rings (SSSR count). The molecule has 0 aromatic heterocycles. The van der Waals surface area contributed by atoms with Gasteiger partial charge in [-0.25, -0.2) is 0 Å².